The van der Waals surface area contributed by atoms with Crippen molar-refractivity contribution in [2.24, 2.45) is 0 Å². The van der Waals surface area contributed by atoms with Crippen molar-refractivity contribution < 1.29 is 26.2 Å². The van der Waals surface area contributed by atoms with Crippen LogP contribution >= 0.6 is 49.6 Å². The summed E-state index contributed by atoms with van der Waals surface area (Å²) in [6.45, 7) is 2.40. The van der Waals surface area contributed by atoms with E-state index in [1.54, 1.807) is 0 Å². The van der Waals surface area contributed by atoms with Crippen LogP contribution in [0.1, 0.15) is 19.8 Å². The molecule has 0 aliphatic rings. The van der Waals surface area contributed by atoms with Crippen LogP contribution in [0.3, 0.4) is 0 Å². The molecule has 0 unspecified atom stereocenters. The Morgan fingerprint density at radius 1 is 1.00 bits per heavy atom. The molecule has 0 saturated heterocycles. The minimum absolute atomic E-state index is 0. The van der Waals surface area contributed by atoms with Gasteiger partial charge in [-0.3, -0.25) is 0 Å². The maximum absolute atomic E-state index is 8.07. The Balaban J connectivity index is -0.00000000800. The number of aliphatic hydroxyl groups is 1. The Labute approximate surface area is 102 Å². The summed E-state index contributed by atoms with van der Waals surface area (Å²) in [5.41, 5.74) is 0. The SMILES string of the molecule is CCCCO.Cl.Cl.Cl.Cl.[Mo]. The van der Waals surface area contributed by atoms with Crippen molar-refractivity contribution in [3.05, 3.63) is 0 Å². The normalized spacial score (nSPS) is 4.20. The Kier molecular flexibility index (Phi) is 184. The first kappa shape index (κ1) is 40.9. The van der Waals surface area contributed by atoms with Gasteiger partial charge >= 0.3 is 0 Å². The first-order valence-electron chi connectivity index (χ1n) is 2.02. The molecule has 0 spiro atoms. The van der Waals surface area contributed by atoms with E-state index in [1.165, 1.54) is 0 Å². The van der Waals surface area contributed by atoms with Crippen LogP contribution in [0.2, 0.25) is 0 Å². The maximum Gasteiger partial charge on any atom is 0.0430 e. The summed E-state index contributed by atoms with van der Waals surface area (Å²) in [7, 11) is 0. The molecule has 0 aromatic carbocycles. The molecule has 0 bridgehead atoms. The van der Waals surface area contributed by atoms with Crippen molar-refractivity contribution in [3.63, 3.8) is 0 Å². The summed E-state index contributed by atoms with van der Waals surface area (Å²) in [4.78, 5) is 0. The fraction of sp³-hybridized carbons (Fsp3) is 1.00. The zero-order valence-corrected chi connectivity index (χ0v) is 10.9. The van der Waals surface area contributed by atoms with Crippen LogP contribution in [0, 0.1) is 0 Å². The fourth-order valence-corrected chi connectivity index (χ4v) is 0.158. The van der Waals surface area contributed by atoms with Crippen molar-refractivity contribution in [3.8, 4) is 0 Å². The topological polar surface area (TPSA) is 20.2 Å². The average molecular weight is 316 g/mol. The Morgan fingerprint density at radius 2 is 1.30 bits per heavy atom. The summed E-state index contributed by atoms with van der Waals surface area (Å²) in [5, 5.41) is 8.07. The maximum atomic E-state index is 8.07. The first-order valence-corrected chi connectivity index (χ1v) is 2.02. The van der Waals surface area contributed by atoms with Gasteiger partial charge in [0, 0.05) is 27.7 Å². The first-order chi connectivity index (χ1) is 2.41. The van der Waals surface area contributed by atoms with Crippen LogP contribution < -0.4 is 0 Å². The van der Waals surface area contributed by atoms with Crippen LogP contribution in [0.5, 0.6) is 0 Å². The van der Waals surface area contributed by atoms with E-state index in [0.717, 1.165) is 12.8 Å². The van der Waals surface area contributed by atoms with Gasteiger partial charge < -0.3 is 5.11 Å². The van der Waals surface area contributed by atoms with E-state index < -0.39 is 0 Å². The van der Waals surface area contributed by atoms with Crippen molar-refractivity contribution in [2.75, 3.05) is 6.61 Å². The largest absolute Gasteiger partial charge is 0.396 e. The molecule has 0 saturated carbocycles. The van der Waals surface area contributed by atoms with E-state index in [4.69, 9.17) is 5.11 Å². The van der Waals surface area contributed by atoms with Gasteiger partial charge in [-0.05, 0) is 6.42 Å². The monoisotopic (exact) mass is 316 g/mol. The third-order valence-corrected chi connectivity index (χ3v) is 0.512. The third kappa shape index (κ3) is 52.5. The van der Waals surface area contributed by atoms with E-state index in [9.17, 15) is 0 Å². The van der Waals surface area contributed by atoms with Crippen LogP contribution in [0.4, 0.5) is 0 Å². The predicted octanol–water partition coefficient (Wildman–Crippen LogP) is 2.46. The summed E-state index contributed by atoms with van der Waals surface area (Å²) in [5.74, 6) is 0. The molecule has 0 aromatic heterocycles. The fourth-order valence-electron chi connectivity index (χ4n) is 0.158. The molecular weight excluding hydrogens is 302 g/mol. The van der Waals surface area contributed by atoms with E-state index in [1.807, 2.05) is 0 Å². The zero-order valence-electron chi connectivity index (χ0n) is 5.61. The molecule has 6 heteroatoms. The molecule has 0 rings (SSSR count). The minimum Gasteiger partial charge on any atom is -0.396 e. The standard InChI is InChI=1S/C4H10O.4ClH.Mo/c1-2-3-4-5;;;;;/h5H,2-4H2,1H3;4*1H;. The number of halogens is 4. The molecule has 70 valence electrons. The molecule has 1 N–H and O–H groups in total. The van der Waals surface area contributed by atoms with Gasteiger partial charge in [0.15, 0.2) is 0 Å². The van der Waals surface area contributed by atoms with Gasteiger partial charge in [-0.2, -0.15) is 0 Å². The summed E-state index contributed by atoms with van der Waals surface area (Å²) < 4.78 is 0. The smallest absolute Gasteiger partial charge is 0.0430 e. The van der Waals surface area contributed by atoms with Crippen molar-refractivity contribution >= 4 is 49.6 Å². The Morgan fingerprint density at radius 3 is 1.30 bits per heavy atom. The predicted molar refractivity (Wildman–Crippen MR) is 51.0 cm³/mol. The van der Waals surface area contributed by atoms with Crippen molar-refractivity contribution in [2.45, 2.75) is 19.8 Å². The quantitative estimate of drug-likeness (QED) is 0.776. The van der Waals surface area contributed by atoms with Gasteiger partial charge in [-0.1, -0.05) is 13.3 Å². The number of aliphatic hydroxyl groups excluding tert-OH is 1. The minimum atomic E-state index is 0. The molecule has 1 nitrogen and oxygen atoms in total. The summed E-state index contributed by atoms with van der Waals surface area (Å²) in [6, 6.07) is 0. The molecule has 0 amide bonds. The molecule has 0 atom stereocenters. The van der Waals surface area contributed by atoms with E-state index >= 15 is 0 Å². The molecular formula is C4H14Cl4MoO. The molecule has 0 fully saturated rings. The molecule has 0 aromatic rings. The van der Waals surface area contributed by atoms with Gasteiger partial charge in [-0.25, -0.2) is 0 Å². The number of unbranched alkanes of at least 4 members (excludes halogenated alkanes) is 1. The second-order valence-electron chi connectivity index (χ2n) is 1.08. The summed E-state index contributed by atoms with van der Waals surface area (Å²) in [6.07, 6.45) is 2.04. The second kappa shape index (κ2) is 45.0. The van der Waals surface area contributed by atoms with Gasteiger partial charge in [0.2, 0.25) is 0 Å². The molecule has 0 heterocycles. The molecule has 10 heavy (non-hydrogen) atoms. The van der Waals surface area contributed by atoms with Crippen LogP contribution in [-0.4, -0.2) is 11.7 Å². The molecule has 0 aliphatic heterocycles. The van der Waals surface area contributed by atoms with Crippen LogP contribution in [-0.2, 0) is 21.1 Å². The van der Waals surface area contributed by atoms with E-state index in [0.29, 0.717) is 6.61 Å². The second-order valence-corrected chi connectivity index (χ2v) is 1.08. The van der Waals surface area contributed by atoms with Gasteiger partial charge in [0.1, 0.15) is 0 Å². The number of hydrogen-bond donors (Lipinski definition) is 1. The Hall–Kier alpha value is 1.81. The molecule has 0 radical (unpaired) electrons. The van der Waals surface area contributed by atoms with Gasteiger partial charge in [-0.15, -0.1) is 49.6 Å². The van der Waals surface area contributed by atoms with E-state index in [-0.39, 0.29) is 70.7 Å². The summed E-state index contributed by atoms with van der Waals surface area (Å²) >= 11 is 0. The third-order valence-electron chi connectivity index (χ3n) is 0.512. The van der Waals surface area contributed by atoms with Crippen LogP contribution in [0.25, 0.3) is 0 Å². The number of hydrogen-bond acceptors (Lipinski definition) is 1. The van der Waals surface area contributed by atoms with Gasteiger partial charge in [0.05, 0.1) is 0 Å². The zero-order chi connectivity index (χ0) is 4.12. The van der Waals surface area contributed by atoms with Crippen molar-refractivity contribution in [1.82, 2.24) is 0 Å². The molecule has 0 aliphatic carbocycles. The average Bonchev–Trinajstić information content (AvgIpc) is 1.41. The van der Waals surface area contributed by atoms with Crippen molar-refractivity contribution in [1.29, 1.82) is 0 Å². The Bertz CT molecular complexity index is 24.7. The van der Waals surface area contributed by atoms with E-state index in [2.05, 4.69) is 6.92 Å². The van der Waals surface area contributed by atoms with Crippen LogP contribution in [0.15, 0.2) is 0 Å². The number of rotatable bonds is 2. The van der Waals surface area contributed by atoms with Gasteiger partial charge in [0.25, 0.3) is 0 Å².